The first-order valence-electron chi connectivity index (χ1n) is 22.8. The average molecular weight is 918 g/mol. The first kappa shape index (κ1) is 46.7. The van der Waals surface area contributed by atoms with Crippen LogP contribution < -0.4 is 26.7 Å². The number of aromatic amines is 1. The van der Waals surface area contributed by atoms with Crippen molar-refractivity contribution in [1.29, 1.82) is 0 Å². The molecular formula is C54H59N7O5S. The fraction of sp³-hybridized carbons (Fsp3) is 0.278. The Morgan fingerprint density at radius 3 is 2.54 bits per heavy atom. The Labute approximate surface area is 395 Å². The molecule has 0 aliphatic carbocycles. The number of hydrogen-bond donors (Lipinski definition) is 6. The average Bonchev–Trinajstić information content (AvgIpc) is 3.33. The number of likely N-dealkylation sites (tertiary alicyclic amines) is 1. The van der Waals surface area contributed by atoms with Gasteiger partial charge in [-0.3, -0.25) is 14.6 Å². The molecule has 346 valence electrons. The number of aromatic nitrogens is 2. The minimum absolute atomic E-state index is 0.0139. The van der Waals surface area contributed by atoms with E-state index in [0.29, 0.717) is 45.9 Å². The summed E-state index contributed by atoms with van der Waals surface area (Å²) in [4.78, 5) is 38.4. The minimum atomic E-state index is -0.763. The summed E-state index contributed by atoms with van der Waals surface area (Å²) in [6.07, 6.45) is 5.95. The maximum absolute atomic E-state index is 12.6. The Balaban J connectivity index is 0.798. The fourth-order valence-corrected chi connectivity index (χ4v) is 10.1. The highest BCUT2D eigenvalue weighted by atomic mass is 32.2. The number of methoxy groups -OCH3 is 1. The van der Waals surface area contributed by atoms with Gasteiger partial charge in [0, 0.05) is 77.8 Å². The van der Waals surface area contributed by atoms with E-state index in [0.717, 1.165) is 96.0 Å². The molecule has 1 aliphatic rings. The highest BCUT2D eigenvalue weighted by molar-refractivity contribution is 7.99. The van der Waals surface area contributed by atoms with E-state index in [1.165, 1.54) is 28.8 Å². The molecule has 0 spiro atoms. The number of fused-ring (bicyclic) bond motifs is 2. The van der Waals surface area contributed by atoms with Gasteiger partial charge in [-0.2, -0.15) is 0 Å². The molecule has 0 radical (unpaired) electrons. The highest BCUT2D eigenvalue weighted by Crippen LogP contribution is 2.38. The third-order valence-electron chi connectivity index (χ3n) is 12.7. The van der Waals surface area contributed by atoms with Gasteiger partial charge in [-0.15, -0.1) is 0 Å². The van der Waals surface area contributed by atoms with Crippen molar-refractivity contribution >= 4 is 50.8 Å². The number of piperidine rings is 1. The van der Waals surface area contributed by atoms with Crippen molar-refractivity contribution in [3.8, 4) is 11.5 Å². The highest BCUT2D eigenvalue weighted by Gasteiger charge is 2.23. The second kappa shape index (κ2) is 21.2. The molecule has 0 saturated carbocycles. The van der Waals surface area contributed by atoms with Crippen LogP contribution in [0.15, 0.2) is 142 Å². The lowest BCUT2D eigenvalue weighted by atomic mass is 9.88. The Morgan fingerprint density at radius 1 is 0.970 bits per heavy atom. The lowest BCUT2D eigenvalue weighted by Gasteiger charge is -2.38. The molecule has 8 rings (SSSR count). The van der Waals surface area contributed by atoms with Gasteiger partial charge in [0.2, 0.25) is 5.56 Å². The number of amides is 1. The lowest BCUT2D eigenvalue weighted by molar-refractivity contribution is 0.100. The second-order valence-electron chi connectivity index (χ2n) is 17.4. The van der Waals surface area contributed by atoms with E-state index >= 15 is 0 Å². The molecule has 1 fully saturated rings. The molecular weight excluding hydrogens is 859 g/mol. The number of ether oxygens (including phenoxy) is 1. The molecule has 2 aromatic heterocycles. The summed E-state index contributed by atoms with van der Waals surface area (Å²) in [5.74, 6) is 1.67. The first-order chi connectivity index (χ1) is 32.4. The number of nitrogens with two attached hydrogens (primary N) is 1. The van der Waals surface area contributed by atoms with Crippen LogP contribution in [0, 0.1) is 6.92 Å². The zero-order valence-electron chi connectivity index (χ0n) is 38.3. The number of carbonyl (C=O) groups is 1. The molecule has 12 nitrogen and oxygen atoms in total. The van der Waals surface area contributed by atoms with E-state index in [2.05, 4.69) is 105 Å². The summed E-state index contributed by atoms with van der Waals surface area (Å²) >= 11 is 1.67. The zero-order chi connectivity index (χ0) is 47.0. The summed E-state index contributed by atoms with van der Waals surface area (Å²) in [7, 11) is 3.74. The predicted octanol–water partition coefficient (Wildman–Crippen LogP) is 9.52. The normalized spacial score (nSPS) is 13.5. The van der Waals surface area contributed by atoms with E-state index in [4.69, 9.17) is 10.5 Å². The number of aryl methyl sites for hydroxylation is 2. The van der Waals surface area contributed by atoms with Gasteiger partial charge in [0.25, 0.3) is 5.91 Å². The summed E-state index contributed by atoms with van der Waals surface area (Å²) in [5.41, 5.74) is 14.0. The van der Waals surface area contributed by atoms with Gasteiger partial charge in [0.15, 0.2) is 0 Å². The number of carbonyl (C=O) groups excluding carboxylic acids is 1. The van der Waals surface area contributed by atoms with Gasteiger partial charge in [0.1, 0.15) is 11.5 Å². The van der Waals surface area contributed by atoms with Gasteiger partial charge in [-0.1, -0.05) is 66.9 Å². The number of phenols is 1. The van der Waals surface area contributed by atoms with Crippen molar-refractivity contribution in [2.45, 2.75) is 67.4 Å². The topological polar surface area (TPSA) is 169 Å². The Bertz CT molecular complexity index is 2950. The third kappa shape index (κ3) is 11.3. The number of phenolic OH excluding ortho intramolecular Hbond substituents is 1. The number of benzene rings is 5. The number of nitrogens with zero attached hydrogens (tertiary/aromatic N) is 3. The summed E-state index contributed by atoms with van der Waals surface area (Å²) < 4.78 is 5.43. The van der Waals surface area contributed by atoms with E-state index in [-0.39, 0.29) is 11.3 Å². The van der Waals surface area contributed by atoms with Crippen LogP contribution in [0.1, 0.15) is 75.9 Å². The van der Waals surface area contributed by atoms with Crippen molar-refractivity contribution in [3.05, 3.63) is 172 Å². The zero-order valence-corrected chi connectivity index (χ0v) is 39.2. The maximum atomic E-state index is 12.6. The standard InChI is InChI=1S/C54H59N7O5S/c1-34-27-43(30-46-51(34)57-31-47(54(55)65)52(46)58-40-11-8-12-41(29-40)66-4)67-42-13-7-10-37(28-42)33-60(3)35(2)61-25-22-39(23-26-61)38-16-14-36(15-17-38)9-5-6-24-56-32-49(63)44-18-20-48(62)53-45(44)19-21-50(64)59-53/h7-8,10-21,27-31,39,49,56,62-63H,2,5-6,9,22-26,32-33H2,1,3-4H3,(H2,55,65)(H,57,58)(H,59,64)/t49-/m0/s1. The molecule has 13 heteroatoms. The third-order valence-corrected chi connectivity index (χ3v) is 13.7. The van der Waals surface area contributed by atoms with Crippen LogP contribution in [0.4, 0.5) is 11.4 Å². The molecule has 7 N–H and O–H groups in total. The Morgan fingerprint density at radius 2 is 1.76 bits per heavy atom. The van der Waals surface area contributed by atoms with Crippen LogP contribution in [0.2, 0.25) is 0 Å². The van der Waals surface area contributed by atoms with Crippen molar-refractivity contribution in [1.82, 2.24) is 25.1 Å². The number of nitrogens with one attached hydrogen (secondary N) is 3. The number of H-pyrrole nitrogens is 1. The molecule has 1 amide bonds. The van der Waals surface area contributed by atoms with Gasteiger partial charge in [0.05, 0.1) is 41.3 Å². The van der Waals surface area contributed by atoms with Crippen LogP contribution in [-0.2, 0) is 13.0 Å². The first-order valence-corrected chi connectivity index (χ1v) is 23.6. The number of hydrogen-bond acceptors (Lipinski definition) is 11. The van der Waals surface area contributed by atoms with Crippen LogP contribution >= 0.6 is 11.8 Å². The Hall–Kier alpha value is -6.80. The molecule has 0 unspecified atom stereocenters. The maximum Gasteiger partial charge on any atom is 0.252 e. The number of aliphatic hydroxyl groups excluding tert-OH is 1. The monoisotopic (exact) mass is 917 g/mol. The van der Waals surface area contributed by atoms with Gasteiger partial charge in [-0.25, -0.2) is 0 Å². The molecule has 1 aliphatic heterocycles. The van der Waals surface area contributed by atoms with Crippen molar-refractivity contribution in [3.63, 3.8) is 0 Å². The van der Waals surface area contributed by atoms with E-state index in [1.54, 1.807) is 37.2 Å². The largest absolute Gasteiger partial charge is 0.506 e. The minimum Gasteiger partial charge on any atom is -0.506 e. The van der Waals surface area contributed by atoms with Crippen molar-refractivity contribution in [2.75, 3.05) is 45.7 Å². The van der Waals surface area contributed by atoms with Crippen LogP contribution in [0.5, 0.6) is 11.5 Å². The summed E-state index contributed by atoms with van der Waals surface area (Å²) in [6.45, 7) is 10.4. The molecule has 67 heavy (non-hydrogen) atoms. The summed E-state index contributed by atoms with van der Waals surface area (Å²) in [6, 6.07) is 35.8. The van der Waals surface area contributed by atoms with Gasteiger partial charge >= 0.3 is 0 Å². The number of anilines is 2. The fourth-order valence-electron chi connectivity index (χ4n) is 9.03. The molecule has 3 heterocycles. The number of pyridine rings is 2. The van der Waals surface area contributed by atoms with Crippen LogP contribution in [0.25, 0.3) is 21.8 Å². The van der Waals surface area contributed by atoms with Crippen LogP contribution in [-0.4, -0.2) is 76.2 Å². The van der Waals surface area contributed by atoms with E-state index in [1.807, 2.05) is 31.2 Å². The Kier molecular flexibility index (Phi) is 14.8. The second-order valence-corrected chi connectivity index (χ2v) is 18.5. The van der Waals surface area contributed by atoms with Gasteiger partial charge in [-0.05, 0) is 128 Å². The number of aromatic hydroxyl groups is 1. The number of unbranched alkanes of at least 4 members (excludes halogenated alkanes) is 1. The van der Waals surface area contributed by atoms with Gasteiger partial charge < -0.3 is 46.1 Å². The number of rotatable bonds is 19. The summed E-state index contributed by atoms with van der Waals surface area (Å²) in [5, 5.41) is 29.2. The van der Waals surface area contributed by atoms with Crippen LogP contribution in [0.3, 0.4) is 0 Å². The van der Waals surface area contributed by atoms with E-state index in [9.17, 15) is 19.8 Å². The molecule has 1 atom stereocenters. The number of aliphatic hydroxyl groups is 1. The van der Waals surface area contributed by atoms with E-state index < -0.39 is 12.0 Å². The molecule has 0 bridgehead atoms. The number of primary amides is 1. The smallest absolute Gasteiger partial charge is 0.252 e. The lowest BCUT2D eigenvalue weighted by Crippen LogP contribution is -2.37. The van der Waals surface area contributed by atoms with Crippen molar-refractivity contribution in [2.24, 2.45) is 5.73 Å². The quantitative estimate of drug-likeness (QED) is 0.0428. The SMILES string of the molecule is C=C(N(C)Cc1cccc(Sc2cc(C)c3ncc(C(N)=O)c(Nc4cccc(OC)c4)c3c2)c1)N1CCC(c2ccc(CCCCNC[C@H](O)c3ccc(O)c4[nH]c(=O)ccc34)cc2)CC1. The molecule has 5 aromatic carbocycles. The molecule has 1 saturated heterocycles. The molecule has 7 aromatic rings. The predicted molar refractivity (Wildman–Crippen MR) is 269 cm³/mol. The van der Waals surface area contributed by atoms with Crippen molar-refractivity contribution < 1.29 is 19.7 Å².